The molecule has 0 aromatic carbocycles. The zero-order valence-electron chi connectivity index (χ0n) is 2.07. The van der Waals surface area contributed by atoms with Crippen LogP contribution in [0.1, 0.15) is 0 Å². The molecule has 2 heteroatoms. The first kappa shape index (κ1) is 3.89. The van der Waals surface area contributed by atoms with Crippen molar-refractivity contribution in [3.05, 3.63) is 6.92 Å². The first-order chi connectivity index (χ1) is 1.73. The molecule has 0 saturated carbocycles. The lowest BCUT2D eigenvalue weighted by Gasteiger charge is -1.69. The summed E-state index contributed by atoms with van der Waals surface area (Å²) in [7, 11) is 0. The number of halogens is 1. The Kier molecular flexibility index (Phi) is 1.20. The van der Waals surface area contributed by atoms with Crippen LogP contribution in [0.2, 0.25) is 0 Å². The molecule has 1 unspecified atom stereocenters. The summed E-state index contributed by atoms with van der Waals surface area (Å²) < 4.78 is 10.3. The largest absolute Gasteiger partial charge is 0.231 e. The minimum Gasteiger partial charge on any atom is -0.213 e. The highest BCUT2D eigenvalue weighted by atomic mass is 19.1. The zero-order valence-corrected chi connectivity index (χ0v) is 2.07. The molecule has 0 saturated heterocycles. The molecule has 4 heavy (non-hydrogen) atoms. The molecule has 0 aliphatic carbocycles. The lowest BCUT2D eigenvalue weighted by molar-refractivity contribution is 0.0165. The van der Waals surface area contributed by atoms with Crippen LogP contribution in [0.25, 0.3) is 0 Å². The van der Waals surface area contributed by atoms with Gasteiger partial charge in [0.1, 0.15) is 0 Å². The van der Waals surface area contributed by atoms with E-state index in [0.29, 0.717) is 0 Å². The van der Waals surface area contributed by atoms with Gasteiger partial charge in [-0.2, -0.15) is 5.11 Å². The average Bonchev–Trinajstić information content (AvgIpc) is 0.811. The minimum atomic E-state index is -2.17. The van der Waals surface area contributed by atoms with Crippen LogP contribution in [0.15, 0.2) is 0 Å². The second-order valence-corrected chi connectivity index (χ2v) is 0.410. The van der Waals surface area contributed by atoms with Gasteiger partial charge in [-0.05, 0) is 0 Å². The Bertz CT molecular complexity index is 10.8. The number of alkyl halides is 1. The third kappa shape index (κ3) is 124. The Morgan fingerprint density at radius 2 is 2.00 bits per heavy atom. The third-order valence-electron chi connectivity index (χ3n) is 0. The van der Waals surface area contributed by atoms with Crippen molar-refractivity contribution in [1.29, 1.82) is 0 Å². The monoisotopic (exact) mass is 62.0 g/mol. The fraction of sp³-hybridized carbons (Fsp3) is 0.500. The summed E-state index contributed by atoms with van der Waals surface area (Å²) in [6.45, 7) is 2.42. The van der Waals surface area contributed by atoms with E-state index in [1.54, 1.807) is 0 Å². The maximum atomic E-state index is 10.3. The molecule has 0 rings (SSSR count). The summed E-state index contributed by atoms with van der Waals surface area (Å²) in [6.07, 6.45) is -2.17. The molecule has 0 N–H and O–H groups in total. The molecule has 0 aliphatic heterocycles. The van der Waals surface area contributed by atoms with E-state index in [1.807, 2.05) is 0 Å². The second kappa shape index (κ2) is 1.24. The standard InChI is InChI=1S/C2H3FO/c1-2(3)4/h2H,1H2. The minimum absolute atomic E-state index is 2.17. The molecular weight excluding hydrogens is 59.0 g/mol. The first-order valence-corrected chi connectivity index (χ1v) is 0.862. The fourth-order valence-corrected chi connectivity index (χ4v) is 0. The second-order valence-electron chi connectivity index (χ2n) is 0.410. The van der Waals surface area contributed by atoms with Crippen molar-refractivity contribution >= 4 is 0 Å². The SMILES string of the molecule is [CH2]C([O])F. The highest BCUT2D eigenvalue weighted by Gasteiger charge is 1.79. The Balaban J connectivity index is 2.32. The van der Waals surface area contributed by atoms with Gasteiger partial charge in [-0.15, -0.1) is 0 Å². The van der Waals surface area contributed by atoms with Crippen molar-refractivity contribution in [3.63, 3.8) is 0 Å². The van der Waals surface area contributed by atoms with Crippen LogP contribution in [0.3, 0.4) is 0 Å². The van der Waals surface area contributed by atoms with E-state index in [-0.39, 0.29) is 0 Å². The predicted octanol–water partition coefficient (Wildman–Crippen LogP) is 0.547. The number of rotatable bonds is 0. The molecule has 0 bridgehead atoms. The summed E-state index contributed by atoms with van der Waals surface area (Å²) in [5, 5.41) is 8.75. The van der Waals surface area contributed by atoms with E-state index in [0.717, 1.165) is 0 Å². The van der Waals surface area contributed by atoms with Crippen LogP contribution in [0.5, 0.6) is 0 Å². The average molecular weight is 62.0 g/mol. The van der Waals surface area contributed by atoms with Gasteiger partial charge in [-0.1, -0.05) is 0 Å². The maximum absolute atomic E-state index is 10.3. The van der Waals surface area contributed by atoms with Gasteiger partial charge < -0.3 is 0 Å². The Morgan fingerprint density at radius 3 is 2.00 bits per heavy atom. The predicted molar refractivity (Wildman–Crippen MR) is 10.9 cm³/mol. The maximum Gasteiger partial charge on any atom is 0.231 e. The summed E-state index contributed by atoms with van der Waals surface area (Å²) in [5.41, 5.74) is 0. The highest BCUT2D eigenvalue weighted by molar-refractivity contribution is 4.28. The smallest absolute Gasteiger partial charge is 0.213 e. The zero-order chi connectivity index (χ0) is 3.58. The topological polar surface area (TPSA) is 19.9 Å². The molecular formula is C2H3FO. The molecule has 2 radical (unpaired) electrons. The normalized spacial score (nSPS) is 15.8. The van der Waals surface area contributed by atoms with Gasteiger partial charge in [0.15, 0.2) is 0 Å². The van der Waals surface area contributed by atoms with Gasteiger partial charge in [0.05, 0.1) is 0 Å². The van der Waals surface area contributed by atoms with Crippen molar-refractivity contribution in [2.45, 2.75) is 6.36 Å². The summed E-state index contributed by atoms with van der Waals surface area (Å²) in [5.74, 6) is 0. The first-order valence-electron chi connectivity index (χ1n) is 0.862. The van der Waals surface area contributed by atoms with Gasteiger partial charge >= 0.3 is 0 Å². The summed E-state index contributed by atoms with van der Waals surface area (Å²) in [6, 6.07) is 0. The molecule has 24 valence electrons. The van der Waals surface area contributed by atoms with Crippen molar-refractivity contribution in [2.75, 3.05) is 0 Å². The van der Waals surface area contributed by atoms with Gasteiger partial charge in [0.25, 0.3) is 0 Å². The lowest BCUT2D eigenvalue weighted by atomic mass is 10.8. The molecule has 0 fully saturated rings. The van der Waals surface area contributed by atoms with E-state index in [2.05, 4.69) is 6.92 Å². The molecule has 1 atom stereocenters. The summed E-state index contributed by atoms with van der Waals surface area (Å²) in [4.78, 5) is 0. The van der Waals surface area contributed by atoms with E-state index in [9.17, 15) is 4.39 Å². The van der Waals surface area contributed by atoms with Gasteiger partial charge in [-0.25, -0.2) is 4.39 Å². The van der Waals surface area contributed by atoms with Crippen LogP contribution in [0.4, 0.5) is 4.39 Å². The van der Waals surface area contributed by atoms with Crippen molar-refractivity contribution in [1.82, 2.24) is 0 Å². The van der Waals surface area contributed by atoms with E-state index in [4.69, 9.17) is 5.11 Å². The molecule has 0 aliphatic rings. The van der Waals surface area contributed by atoms with Gasteiger partial charge in [-0.3, -0.25) is 0 Å². The summed E-state index contributed by atoms with van der Waals surface area (Å²) >= 11 is 0. The van der Waals surface area contributed by atoms with Crippen molar-refractivity contribution < 1.29 is 9.50 Å². The van der Waals surface area contributed by atoms with E-state index in [1.165, 1.54) is 0 Å². The quantitative estimate of drug-likeness (QED) is 0.390. The van der Waals surface area contributed by atoms with Crippen molar-refractivity contribution in [2.24, 2.45) is 0 Å². The van der Waals surface area contributed by atoms with Gasteiger partial charge in [0.2, 0.25) is 6.36 Å². The number of hydrogen-bond acceptors (Lipinski definition) is 0. The van der Waals surface area contributed by atoms with Crippen LogP contribution in [-0.2, 0) is 5.11 Å². The fourth-order valence-electron chi connectivity index (χ4n) is 0. The molecule has 0 spiro atoms. The highest BCUT2D eigenvalue weighted by Crippen LogP contribution is 1.72. The van der Waals surface area contributed by atoms with E-state index >= 15 is 0 Å². The van der Waals surface area contributed by atoms with Gasteiger partial charge in [0, 0.05) is 6.92 Å². The Morgan fingerprint density at radius 1 is 2.00 bits per heavy atom. The molecule has 0 aromatic rings. The van der Waals surface area contributed by atoms with E-state index < -0.39 is 6.36 Å². The molecule has 1 nitrogen and oxygen atoms in total. The van der Waals surface area contributed by atoms with Crippen LogP contribution < -0.4 is 0 Å². The molecule has 0 aromatic heterocycles. The Hall–Kier alpha value is -0.110. The molecule has 0 heterocycles. The van der Waals surface area contributed by atoms with Crippen molar-refractivity contribution in [3.8, 4) is 0 Å². The van der Waals surface area contributed by atoms with Crippen LogP contribution in [-0.4, -0.2) is 6.36 Å². The third-order valence-corrected chi connectivity index (χ3v) is 0. The van der Waals surface area contributed by atoms with Crippen LogP contribution in [0, 0.1) is 6.92 Å². The molecule has 0 amide bonds. The number of hydrogen-bond donors (Lipinski definition) is 0. The lowest BCUT2D eigenvalue weighted by Crippen LogP contribution is -1.79. The Labute approximate surface area is 24.1 Å². The van der Waals surface area contributed by atoms with Crippen LogP contribution >= 0.6 is 0 Å².